The van der Waals surface area contributed by atoms with Gasteiger partial charge in [-0.3, -0.25) is 14.4 Å². The molecule has 0 bridgehead atoms. The summed E-state index contributed by atoms with van der Waals surface area (Å²) in [6.45, 7) is 0.492. The van der Waals surface area contributed by atoms with Crippen LogP contribution in [0.5, 0.6) is 0 Å². The fraction of sp³-hybridized carbons (Fsp3) is 0.450. The molecule has 0 radical (unpaired) electrons. The molecule has 3 amide bonds. The number of fused-ring (bicyclic) bond motifs is 2. The molecule has 3 atom stereocenters. The number of benzene rings is 1. The topological polar surface area (TPSA) is 94.3 Å². The first-order valence-corrected chi connectivity index (χ1v) is 10.9. The number of hydrogen-bond acceptors (Lipinski definition) is 4. The van der Waals surface area contributed by atoms with Crippen molar-refractivity contribution in [2.24, 2.45) is 0 Å². The van der Waals surface area contributed by atoms with Crippen LogP contribution in [0, 0.1) is 0 Å². The van der Waals surface area contributed by atoms with Crippen molar-refractivity contribution in [1.29, 1.82) is 0 Å². The average molecular weight is 401 g/mol. The van der Waals surface area contributed by atoms with Crippen LogP contribution in [0.25, 0.3) is 10.9 Å². The molecule has 0 saturated carbocycles. The number of nitrogens with zero attached hydrogens (tertiary/aromatic N) is 1. The van der Waals surface area contributed by atoms with E-state index >= 15 is 0 Å². The van der Waals surface area contributed by atoms with E-state index in [1.807, 2.05) is 36.7 Å². The summed E-state index contributed by atoms with van der Waals surface area (Å²) in [5, 5.41) is 6.95. The molecule has 0 aliphatic carbocycles. The maximum atomic E-state index is 13.0. The van der Waals surface area contributed by atoms with Crippen LogP contribution in [0.3, 0.4) is 0 Å². The molecule has 8 heteroatoms. The number of carbonyl (C=O) groups is 3. The number of carbonyl (C=O) groups excluding carboxylic acids is 3. The molecule has 28 heavy (non-hydrogen) atoms. The molecule has 1 aromatic heterocycles. The Morgan fingerprint density at radius 2 is 2.14 bits per heavy atom. The van der Waals surface area contributed by atoms with Crippen molar-refractivity contribution in [3.8, 4) is 0 Å². The molecule has 4 rings (SSSR count). The number of thioether (sulfide) groups is 1. The smallest absolute Gasteiger partial charge is 0.246 e. The van der Waals surface area contributed by atoms with Crippen LogP contribution in [0.2, 0.25) is 0 Å². The van der Waals surface area contributed by atoms with Crippen LogP contribution in [-0.2, 0) is 20.8 Å². The first-order chi connectivity index (χ1) is 13.6. The Bertz CT molecular complexity index is 912. The first-order valence-electron chi connectivity index (χ1n) is 9.51. The quantitative estimate of drug-likeness (QED) is 0.699. The summed E-state index contributed by atoms with van der Waals surface area (Å²) in [6, 6.07) is 6.82. The lowest BCUT2D eigenvalue weighted by Crippen LogP contribution is -2.67. The third kappa shape index (κ3) is 3.61. The number of rotatable bonds is 5. The summed E-state index contributed by atoms with van der Waals surface area (Å²) >= 11 is 1.47. The lowest BCUT2D eigenvalue weighted by molar-refractivity contribution is -0.151. The minimum atomic E-state index is -0.550. The number of piperidine rings is 1. The fourth-order valence-electron chi connectivity index (χ4n) is 4.20. The average Bonchev–Trinajstić information content (AvgIpc) is 3.09. The zero-order valence-electron chi connectivity index (χ0n) is 15.7. The summed E-state index contributed by atoms with van der Waals surface area (Å²) in [6.07, 6.45) is 5.39. The zero-order valence-corrected chi connectivity index (χ0v) is 16.6. The Balaban J connectivity index is 1.44. The first kappa shape index (κ1) is 18.9. The second-order valence-corrected chi connectivity index (χ2v) is 8.26. The van der Waals surface area contributed by atoms with Gasteiger partial charge in [-0.2, -0.15) is 11.8 Å². The molecule has 148 valence electrons. The van der Waals surface area contributed by atoms with Gasteiger partial charge in [-0.05, 0) is 30.7 Å². The van der Waals surface area contributed by atoms with E-state index in [0.717, 1.165) is 16.5 Å². The van der Waals surface area contributed by atoms with Crippen molar-refractivity contribution in [2.45, 2.75) is 37.4 Å². The van der Waals surface area contributed by atoms with Gasteiger partial charge in [0.05, 0.1) is 5.75 Å². The maximum absolute atomic E-state index is 13.0. The molecule has 2 fully saturated rings. The predicted molar refractivity (Wildman–Crippen MR) is 109 cm³/mol. The van der Waals surface area contributed by atoms with E-state index in [0.29, 0.717) is 31.6 Å². The van der Waals surface area contributed by atoms with Crippen molar-refractivity contribution < 1.29 is 14.4 Å². The molecule has 2 saturated heterocycles. The zero-order chi connectivity index (χ0) is 19.7. The monoisotopic (exact) mass is 400 g/mol. The van der Waals surface area contributed by atoms with Gasteiger partial charge in [-0.15, -0.1) is 0 Å². The summed E-state index contributed by atoms with van der Waals surface area (Å²) in [7, 11) is 0. The van der Waals surface area contributed by atoms with Crippen LogP contribution in [0.1, 0.15) is 18.4 Å². The molecule has 1 aromatic carbocycles. The highest BCUT2D eigenvalue weighted by molar-refractivity contribution is 7.99. The largest absolute Gasteiger partial charge is 0.361 e. The van der Waals surface area contributed by atoms with Gasteiger partial charge in [0.15, 0.2) is 0 Å². The third-order valence-corrected chi connectivity index (χ3v) is 6.09. The minimum absolute atomic E-state index is 0.0225. The second kappa shape index (κ2) is 7.87. The highest BCUT2D eigenvalue weighted by Gasteiger charge is 2.44. The number of piperazine rings is 1. The van der Waals surface area contributed by atoms with E-state index in [-0.39, 0.29) is 23.8 Å². The molecule has 2 aliphatic heterocycles. The third-order valence-electron chi connectivity index (χ3n) is 5.54. The van der Waals surface area contributed by atoms with Crippen molar-refractivity contribution in [3.05, 3.63) is 36.0 Å². The summed E-state index contributed by atoms with van der Waals surface area (Å²) in [5.41, 5.74) is 2.04. The number of nitrogens with one attached hydrogen (secondary N) is 3. The van der Waals surface area contributed by atoms with E-state index < -0.39 is 12.1 Å². The van der Waals surface area contributed by atoms with Crippen LogP contribution in [0.15, 0.2) is 30.5 Å². The van der Waals surface area contributed by atoms with Gasteiger partial charge in [-0.25, -0.2) is 0 Å². The number of amides is 3. The lowest BCUT2D eigenvalue weighted by Gasteiger charge is -2.44. The van der Waals surface area contributed by atoms with E-state index in [9.17, 15) is 14.4 Å². The van der Waals surface area contributed by atoms with Gasteiger partial charge in [-0.1, -0.05) is 18.2 Å². The molecule has 7 nitrogen and oxygen atoms in total. The normalized spacial score (nSPS) is 24.8. The fourth-order valence-corrected chi connectivity index (χ4v) is 4.54. The minimum Gasteiger partial charge on any atom is -0.361 e. The van der Waals surface area contributed by atoms with Crippen LogP contribution >= 0.6 is 11.8 Å². The summed E-state index contributed by atoms with van der Waals surface area (Å²) < 4.78 is 0. The lowest BCUT2D eigenvalue weighted by atomic mass is 9.91. The van der Waals surface area contributed by atoms with Crippen molar-refractivity contribution in [1.82, 2.24) is 20.5 Å². The molecular formula is C20H24N4O3S. The number of aromatic nitrogens is 1. The molecule has 2 aliphatic rings. The van der Waals surface area contributed by atoms with Gasteiger partial charge >= 0.3 is 0 Å². The van der Waals surface area contributed by atoms with Gasteiger partial charge in [0.2, 0.25) is 17.7 Å². The summed E-state index contributed by atoms with van der Waals surface area (Å²) in [5.74, 6) is 0.214. The van der Waals surface area contributed by atoms with Gasteiger partial charge < -0.3 is 20.5 Å². The van der Waals surface area contributed by atoms with E-state index in [4.69, 9.17) is 0 Å². The number of para-hydroxylation sites is 1. The number of H-pyrrole nitrogens is 1. The Hall–Kier alpha value is -2.48. The molecule has 2 aromatic rings. The van der Waals surface area contributed by atoms with Crippen molar-refractivity contribution in [3.63, 3.8) is 0 Å². The molecular weight excluding hydrogens is 376 g/mol. The molecule has 3 unspecified atom stereocenters. The molecule has 0 spiro atoms. The molecule has 3 N–H and O–H groups in total. The van der Waals surface area contributed by atoms with E-state index in [1.54, 1.807) is 4.90 Å². The van der Waals surface area contributed by atoms with Crippen LogP contribution < -0.4 is 10.6 Å². The number of hydrogen-bond donors (Lipinski definition) is 3. The maximum Gasteiger partial charge on any atom is 0.246 e. The summed E-state index contributed by atoms with van der Waals surface area (Å²) in [4.78, 5) is 42.5. The van der Waals surface area contributed by atoms with Gasteiger partial charge in [0, 0.05) is 36.1 Å². The van der Waals surface area contributed by atoms with E-state index in [2.05, 4.69) is 15.6 Å². The highest BCUT2D eigenvalue weighted by atomic mass is 32.2. The number of aromatic amines is 1. The Morgan fingerprint density at radius 3 is 2.96 bits per heavy atom. The SMILES string of the molecule is CSCC(=O)NC1CCN2C(=O)C(Cc3c[nH]c4ccccc34)NC(=O)C2C1. The standard InChI is InChI=1S/C20H24N4O3S/c1-28-11-18(25)22-13-6-7-24-17(9-13)19(26)23-16(20(24)27)8-12-10-21-15-5-3-2-4-14(12)15/h2-5,10,13,16-17,21H,6-9,11H2,1H3,(H,22,25)(H,23,26). The van der Waals surface area contributed by atoms with Crippen molar-refractivity contribution in [2.75, 3.05) is 18.6 Å². The van der Waals surface area contributed by atoms with E-state index in [1.165, 1.54) is 11.8 Å². The Labute approximate surface area is 167 Å². The Kier molecular flexibility index (Phi) is 5.30. The second-order valence-electron chi connectivity index (χ2n) is 7.39. The van der Waals surface area contributed by atoms with Crippen LogP contribution in [0.4, 0.5) is 0 Å². The van der Waals surface area contributed by atoms with Crippen molar-refractivity contribution >= 4 is 40.4 Å². The predicted octanol–water partition coefficient (Wildman–Crippen LogP) is 1.05. The highest BCUT2D eigenvalue weighted by Crippen LogP contribution is 2.25. The van der Waals surface area contributed by atoms with Gasteiger partial charge in [0.1, 0.15) is 12.1 Å². The van der Waals surface area contributed by atoms with Crippen LogP contribution in [-0.4, -0.2) is 64.3 Å². The van der Waals surface area contributed by atoms with Gasteiger partial charge in [0.25, 0.3) is 0 Å². The molecule has 3 heterocycles. The Morgan fingerprint density at radius 1 is 1.32 bits per heavy atom.